The van der Waals surface area contributed by atoms with Crippen LogP contribution >= 0.6 is 0 Å². The van der Waals surface area contributed by atoms with Crippen molar-refractivity contribution in [3.63, 3.8) is 0 Å². The summed E-state index contributed by atoms with van der Waals surface area (Å²) in [6.45, 7) is 8.90. The maximum absolute atomic E-state index is 13.7. The van der Waals surface area contributed by atoms with Crippen molar-refractivity contribution in [1.29, 1.82) is 0 Å². The van der Waals surface area contributed by atoms with Crippen molar-refractivity contribution in [1.82, 2.24) is 9.47 Å². The zero-order chi connectivity index (χ0) is 22.7. The van der Waals surface area contributed by atoms with E-state index in [0.29, 0.717) is 40.3 Å². The minimum Gasteiger partial charge on any atom is -0.454 e. The van der Waals surface area contributed by atoms with E-state index in [9.17, 15) is 9.59 Å². The van der Waals surface area contributed by atoms with E-state index in [1.165, 1.54) is 0 Å². The fraction of sp³-hybridized carbons (Fsp3) is 0.385. The van der Waals surface area contributed by atoms with Gasteiger partial charge in [-0.25, -0.2) is 0 Å². The second-order valence-electron chi connectivity index (χ2n) is 9.05. The average molecular weight is 447 g/mol. The van der Waals surface area contributed by atoms with Gasteiger partial charge < -0.3 is 18.8 Å². The number of aryl methyl sites for hydroxylation is 2. The normalized spacial score (nSPS) is 17.0. The lowest BCUT2D eigenvalue weighted by molar-refractivity contribution is 0.0369. The molecule has 0 bridgehead atoms. The van der Waals surface area contributed by atoms with Crippen LogP contribution in [0.1, 0.15) is 33.5 Å². The number of rotatable bonds is 4. The van der Waals surface area contributed by atoms with Crippen LogP contribution in [0.15, 0.2) is 29.1 Å². The molecule has 0 atom stereocenters. The molecule has 1 fully saturated rings. The largest absolute Gasteiger partial charge is 0.454 e. The third kappa shape index (κ3) is 3.18. The topological polar surface area (TPSA) is 70.0 Å². The summed E-state index contributed by atoms with van der Waals surface area (Å²) >= 11 is 0. The monoisotopic (exact) mass is 446 g/mol. The highest BCUT2D eigenvalue weighted by Crippen LogP contribution is 2.46. The predicted molar refractivity (Wildman–Crippen MR) is 125 cm³/mol. The van der Waals surface area contributed by atoms with E-state index in [2.05, 4.69) is 4.90 Å². The van der Waals surface area contributed by atoms with Crippen LogP contribution in [0.3, 0.4) is 0 Å². The van der Waals surface area contributed by atoms with Crippen LogP contribution in [0.5, 0.6) is 11.5 Å². The number of aromatic nitrogens is 1. The van der Waals surface area contributed by atoms with Gasteiger partial charge in [0.2, 0.25) is 6.79 Å². The number of ketones is 1. The summed E-state index contributed by atoms with van der Waals surface area (Å²) in [5.41, 5.74) is 4.69. The van der Waals surface area contributed by atoms with Crippen molar-refractivity contribution >= 4 is 16.6 Å². The first kappa shape index (κ1) is 20.4. The molecular weight excluding hydrogens is 420 g/mol. The van der Waals surface area contributed by atoms with Crippen LogP contribution in [0.2, 0.25) is 0 Å². The Morgan fingerprint density at radius 3 is 2.24 bits per heavy atom. The van der Waals surface area contributed by atoms with E-state index in [1.54, 1.807) is 10.6 Å². The van der Waals surface area contributed by atoms with Crippen LogP contribution in [0.4, 0.5) is 0 Å². The van der Waals surface area contributed by atoms with Crippen molar-refractivity contribution in [3.8, 4) is 22.8 Å². The number of carbonyl (C=O) groups excluding carboxylic acids is 1. The Hall–Kier alpha value is -3.16. The minimum atomic E-state index is -0.0616. The summed E-state index contributed by atoms with van der Waals surface area (Å²) in [5.74, 6) is 1.13. The Morgan fingerprint density at radius 1 is 0.848 bits per heavy atom. The molecule has 6 rings (SSSR count). The molecular formula is C26H26N2O5. The summed E-state index contributed by atoms with van der Waals surface area (Å²) in [5, 5.41) is 1.33. The Morgan fingerprint density at radius 2 is 1.52 bits per heavy atom. The molecule has 170 valence electrons. The lowest BCUT2D eigenvalue weighted by Crippen LogP contribution is -2.37. The molecule has 7 heteroatoms. The SMILES string of the molecule is Cc1cc2c3c(n(CCCN4CCOCC4)c(=O)c2cc1C)-c1cc2c(cc1C3=O)OCO2. The third-order valence-corrected chi connectivity index (χ3v) is 7.08. The average Bonchev–Trinajstić information content (AvgIpc) is 3.39. The molecule has 0 unspecified atom stereocenters. The first-order valence-corrected chi connectivity index (χ1v) is 11.5. The molecule has 0 amide bonds. The molecule has 0 spiro atoms. The van der Waals surface area contributed by atoms with Gasteiger partial charge in [-0.1, -0.05) is 6.07 Å². The zero-order valence-electron chi connectivity index (χ0n) is 18.9. The van der Waals surface area contributed by atoms with Gasteiger partial charge in [-0.05, 0) is 49.6 Å². The number of fused-ring (bicyclic) bond motifs is 6. The van der Waals surface area contributed by atoms with E-state index in [4.69, 9.17) is 14.2 Å². The van der Waals surface area contributed by atoms with E-state index in [1.807, 2.05) is 32.0 Å². The zero-order valence-corrected chi connectivity index (χ0v) is 18.9. The van der Waals surface area contributed by atoms with Crippen molar-refractivity contribution in [2.75, 3.05) is 39.6 Å². The molecule has 1 saturated heterocycles. The third-order valence-electron chi connectivity index (χ3n) is 7.08. The molecule has 7 nitrogen and oxygen atoms in total. The summed E-state index contributed by atoms with van der Waals surface area (Å²) in [6.07, 6.45) is 0.816. The Balaban J connectivity index is 1.52. The number of hydrogen-bond donors (Lipinski definition) is 0. The molecule has 3 aromatic rings. The summed E-state index contributed by atoms with van der Waals surface area (Å²) < 4.78 is 18.4. The minimum absolute atomic E-state index is 0.0489. The molecule has 2 aromatic carbocycles. The highest BCUT2D eigenvalue weighted by molar-refractivity contribution is 6.27. The van der Waals surface area contributed by atoms with Gasteiger partial charge in [0.1, 0.15) is 0 Å². The number of morpholine rings is 1. The van der Waals surface area contributed by atoms with Gasteiger partial charge in [0.05, 0.1) is 24.5 Å². The predicted octanol–water partition coefficient (Wildman–Crippen LogP) is 3.28. The van der Waals surface area contributed by atoms with Gasteiger partial charge in [-0.3, -0.25) is 14.5 Å². The number of pyridine rings is 1. The highest BCUT2D eigenvalue weighted by atomic mass is 16.7. The van der Waals surface area contributed by atoms with Crippen molar-refractivity contribution in [2.24, 2.45) is 0 Å². The fourth-order valence-electron chi connectivity index (χ4n) is 5.17. The number of ether oxygens (including phenoxy) is 3. The van der Waals surface area contributed by atoms with Gasteiger partial charge >= 0.3 is 0 Å². The lowest BCUT2D eigenvalue weighted by atomic mass is 9.98. The number of hydrogen-bond acceptors (Lipinski definition) is 6. The Bertz CT molecular complexity index is 1370. The first-order valence-electron chi connectivity index (χ1n) is 11.5. The van der Waals surface area contributed by atoms with Gasteiger partial charge in [-0.2, -0.15) is 0 Å². The molecule has 1 aromatic heterocycles. The quantitative estimate of drug-likeness (QED) is 0.479. The van der Waals surface area contributed by atoms with Crippen LogP contribution in [-0.2, 0) is 11.3 Å². The smallest absolute Gasteiger partial charge is 0.258 e. The molecule has 0 N–H and O–H groups in total. The number of carbonyl (C=O) groups is 1. The van der Waals surface area contributed by atoms with Gasteiger partial charge in [-0.15, -0.1) is 0 Å². The second-order valence-corrected chi connectivity index (χ2v) is 9.05. The summed E-state index contributed by atoms with van der Waals surface area (Å²) in [4.78, 5) is 29.8. The van der Waals surface area contributed by atoms with E-state index in [0.717, 1.165) is 61.3 Å². The standard InChI is InChI=1S/C26H26N2O5/c1-15-10-17-20(11-16(15)2)26(30)28(5-3-4-27-6-8-31-9-7-27)24-18-12-21-22(33-14-32-21)13-19(18)25(29)23(17)24/h10-13H,3-9,14H2,1-2H3. The molecule has 2 aliphatic heterocycles. The van der Waals surface area contributed by atoms with Crippen molar-refractivity contribution < 1.29 is 19.0 Å². The van der Waals surface area contributed by atoms with E-state index in [-0.39, 0.29) is 18.1 Å². The van der Waals surface area contributed by atoms with E-state index >= 15 is 0 Å². The molecule has 0 radical (unpaired) electrons. The maximum atomic E-state index is 13.7. The van der Waals surface area contributed by atoms with Crippen molar-refractivity contribution in [3.05, 3.63) is 56.9 Å². The molecule has 33 heavy (non-hydrogen) atoms. The van der Waals surface area contributed by atoms with E-state index < -0.39 is 0 Å². The highest BCUT2D eigenvalue weighted by Gasteiger charge is 2.35. The van der Waals surface area contributed by atoms with Crippen molar-refractivity contribution in [2.45, 2.75) is 26.8 Å². The Kier molecular flexibility index (Phi) is 4.78. The maximum Gasteiger partial charge on any atom is 0.258 e. The number of nitrogens with zero attached hydrogens (tertiary/aromatic N) is 2. The Labute approximate surface area is 191 Å². The van der Waals surface area contributed by atoms with Crippen LogP contribution < -0.4 is 15.0 Å². The van der Waals surface area contributed by atoms with Crippen LogP contribution in [-0.4, -0.2) is 54.9 Å². The summed E-state index contributed by atoms with van der Waals surface area (Å²) in [6, 6.07) is 7.52. The molecule has 1 aliphatic carbocycles. The summed E-state index contributed by atoms with van der Waals surface area (Å²) in [7, 11) is 0. The second kappa shape index (κ2) is 7.71. The van der Waals surface area contributed by atoms with Gasteiger partial charge in [0, 0.05) is 48.1 Å². The van der Waals surface area contributed by atoms with Gasteiger partial charge in [0.25, 0.3) is 5.56 Å². The lowest BCUT2D eigenvalue weighted by Gasteiger charge is -2.26. The molecule has 3 heterocycles. The number of benzene rings is 2. The molecule has 0 saturated carbocycles. The van der Waals surface area contributed by atoms with Crippen LogP contribution in [0.25, 0.3) is 22.0 Å². The van der Waals surface area contributed by atoms with Crippen LogP contribution in [0, 0.1) is 13.8 Å². The first-order chi connectivity index (χ1) is 16.0. The fourth-order valence-corrected chi connectivity index (χ4v) is 5.17. The van der Waals surface area contributed by atoms with Gasteiger partial charge in [0.15, 0.2) is 17.3 Å². The molecule has 3 aliphatic rings.